The number of primary amides is 1. The minimum absolute atomic E-state index is 0.0411. The van der Waals surface area contributed by atoms with Gasteiger partial charge in [-0.3, -0.25) is 18.7 Å². The van der Waals surface area contributed by atoms with Gasteiger partial charge < -0.3 is 14.8 Å². The normalized spacial score (nSPS) is 11.2. The number of hydrogen-bond acceptors (Lipinski definition) is 6. The third-order valence-electron chi connectivity index (χ3n) is 3.42. The van der Waals surface area contributed by atoms with Crippen LogP contribution < -0.4 is 17.0 Å². The molecule has 1 amide bonds. The summed E-state index contributed by atoms with van der Waals surface area (Å²) < 4.78 is 8.52. The van der Waals surface area contributed by atoms with Crippen LogP contribution in [0.1, 0.15) is 11.5 Å². The Hall–Kier alpha value is -3.17. The predicted molar refractivity (Wildman–Crippen MR) is 78.8 cm³/mol. The summed E-state index contributed by atoms with van der Waals surface area (Å²) in [7, 11) is 1.50. The van der Waals surface area contributed by atoms with E-state index in [1.54, 1.807) is 13.0 Å². The number of hydrogen-bond donors (Lipinski definition) is 1. The van der Waals surface area contributed by atoms with Gasteiger partial charge in [0.25, 0.3) is 5.56 Å². The first-order valence-corrected chi connectivity index (χ1v) is 6.73. The van der Waals surface area contributed by atoms with Crippen molar-refractivity contribution in [2.75, 3.05) is 0 Å². The number of nitrogens with zero attached hydrogens (tertiary/aromatic N) is 5. The highest BCUT2D eigenvalue weighted by Gasteiger charge is 2.18. The summed E-state index contributed by atoms with van der Waals surface area (Å²) in [4.78, 5) is 40.2. The monoisotopic (exact) mass is 318 g/mol. The molecule has 10 nitrogen and oxygen atoms in total. The van der Waals surface area contributed by atoms with Crippen LogP contribution in [-0.4, -0.2) is 29.7 Å². The minimum Gasteiger partial charge on any atom is -0.368 e. The van der Waals surface area contributed by atoms with Crippen molar-refractivity contribution >= 4 is 17.1 Å². The maximum atomic E-state index is 12.7. The zero-order chi connectivity index (χ0) is 16.7. The Morgan fingerprint density at radius 1 is 1.39 bits per heavy atom. The molecule has 0 atom stereocenters. The summed E-state index contributed by atoms with van der Waals surface area (Å²) in [6.07, 6.45) is 1.31. The van der Waals surface area contributed by atoms with E-state index in [1.807, 2.05) is 0 Å². The maximum absolute atomic E-state index is 12.7. The van der Waals surface area contributed by atoms with E-state index in [0.29, 0.717) is 11.5 Å². The van der Waals surface area contributed by atoms with Crippen molar-refractivity contribution in [1.29, 1.82) is 0 Å². The lowest BCUT2D eigenvalue weighted by atomic mass is 10.3. The van der Waals surface area contributed by atoms with Crippen molar-refractivity contribution in [3.8, 4) is 0 Å². The molecular weight excluding hydrogens is 304 g/mol. The smallest absolute Gasteiger partial charge is 0.332 e. The Balaban J connectivity index is 2.23. The van der Waals surface area contributed by atoms with E-state index in [4.69, 9.17) is 10.3 Å². The predicted octanol–water partition coefficient (Wildman–Crippen LogP) is -1.27. The third kappa shape index (κ3) is 2.43. The quantitative estimate of drug-likeness (QED) is 0.638. The lowest BCUT2D eigenvalue weighted by molar-refractivity contribution is -0.118. The SMILES string of the molecule is Cc1cc(Cn2c(=O)c3c(ncn3CC(N)=O)n(C)c2=O)no1. The van der Waals surface area contributed by atoms with Gasteiger partial charge in [-0.15, -0.1) is 0 Å². The lowest BCUT2D eigenvalue weighted by Crippen LogP contribution is -2.40. The molecule has 0 bridgehead atoms. The average molecular weight is 318 g/mol. The van der Waals surface area contributed by atoms with Crippen LogP contribution in [0.4, 0.5) is 0 Å². The van der Waals surface area contributed by atoms with E-state index in [9.17, 15) is 14.4 Å². The second kappa shape index (κ2) is 5.23. The molecule has 0 radical (unpaired) electrons. The van der Waals surface area contributed by atoms with E-state index < -0.39 is 17.2 Å². The van der Waals surface area contributed by atoms with Crippen molar-refractivity contribution in [2.45, 2.75) is 20.0 Å². The number of amides is 1. The molecular formula is C13H14N6O4. The summed E-state index contributed by atoms with van der Waals surface area (Å²) in [5, 5.41) is 3.78. The lowest BCUT2D eigenvalue weighted by Gasteiger charge is -2.07. The Morgan fingerprint density at radius 3 is 2.74 bits per heavy atom. The molecule has 0 saturated heterocycles. The van der Waals surface area contributed by atoms with Gasteiger partial charge in [0, 0.05) is 13.1 Å². The van der Waals surface area contributed by atoms with Gasteiger partial charge in [0.1, 0.15) is 18.0 Å². The Labute approximate surface area is 128 Å². The molecule has 0 unspecified atom stereocenters. The summed E-state index contributed by atoms with van der Waals surface area (Å²) in [6.45, 7) is 1.47. The summed E-state index contributed by atoms with van der Waals surface area (Å²) >= 11 is 0. The second-order valence-electron chi connectivity index (χ2n) is 5.17. The maximum Gasteiger partial charge on any atom is 0.332 e. The molecule has 3 heterocycles. The summed E-state index contributed by atoms with van der Waals surface area (Å²) in [5.74, 6) is -0.0408. The number of imidazole rings is 1. The topological polar surface area (TPSA) is 131 Å². The number of carbonyl (C=O) groups excluding carboxylic acids is 1. The summed E-state index contributed by atoms with van der Waals surface area (Å²) in [6, 6.07) is 1.64. The van der Waals surface area contributed by atoms with E-state index >= 15 is 0 Å². The van der Waals surface area contributed by atoms with Crippen LogP contribution >= 0.6 is 0 Å². The second-order valence-corrected chi connectivity index (χ2v) is 5.17. The molecule has 0 aromatic carbocycles. The molecule has 23 heavy (non-hydrogen) atoms. The molecule has 3 aromatic rings. The molecule has 0 aliphatic rings. The number of carbonyl (C=O) groups is 1. The van der Waals surface area contributed by atoms with Crippen LogP contribution in [0.2, 0.25) is 0 Å². The summed E-state index contributed by atoms with van der Waals surface area (Å²) in [5.41, 5.74) is 4.83. The highest BCUT2D eigenvalue weighted by molar-refractivity contribution is 5.77. The van der Waals surface area contributed by atoms with Crippen LogP contribution in [0.3, 0.4) is 0 Å². The van der Waals surface area contributed by atoms with Gasteiger partial charge in [0.15, 0.2) is 11.2 Å². The van der Waals surface area contributed by atoms with E-state index in [-0.39, 0.29) is 24.3 Å². The minimum atomic E-state index is -0.615. The number of rotatable bonds is 4. The van der Waals surface area contributed by atoms with Crippen molar-refractivity contribution < 1.29 is 9.32 Å². The third-order valence-corrected chi connectivity index (χ3v) is 3.42. The molecule has 2 N–H and O–H groups in total. The van der Waals surface area contributed by atoms with Gasteiger partial charge in [-0.05, 0) is 6.92 Å². The number of nitrogens with two attached hydrogens (primary N) is 1. The van der Waals surface area contributed by atoms with Crippen LogP contribution in [0.5, 0.6) is 0 Å². The van der Waals surface area contributed by atoms with Crippen molar-refractivity contribution in [1.82, 2.24) is 23.8 Å². The number of fused-ring (bicyclic) bond motifs is 1. The van der Waals surface area contributed by atoms with Crippen molar-refractivity contribution in [3.05, 3.63) is 44.7 Å². The molecule has 0 saturated carbocycles. The first kappa shape index (κ1) is 14.8. The van der Waals surface area contributed by atoms with Gasteiger partial charge in [-0.25, -0.2) is 9.78 Å². The van der Waals surface area contributed by atoms with Crippen LogP contribution in [-0.2, 0) is 24.9 Å². The highest BCUT2D eigenvalue weighted by Crippen LogP contribution is 2.07. The number of aromatic nitrogens is 5. The zero-order valence-corrected chi connectivity index (χ0v) is 12.5. The molecule has 0 fully saturated rings. The molecule has 120 valence electrons. The molecule has 10 heteroatoms. The average Bonchev–Trinajstić information content (AvgIpc) is 3.07. The molecule has 0 aliphatic carbocycles. The largest absolute Gasteiger partial charge is 0.368 e. The van der Waals surface area contributed by atoms with Gasteiger partial charge in [-0.1, -0.05) is 5.16 Å². The fraction of sp³-hybridized carbons (Fsp3) is 0.308. The van der Waals surface area contributed by atoms with Crippen LogP contribution in [0, 0.1) is 6.92 Å². The first-order chi connectivity index (χ1) is 10.9. The highest BCUT2D eigenvalue weighted by atomic mass is 16.5. The van der Waals surface area contributed by atoms with E-state index in [1.165, 1.54) is 22.5 Å². The fourth-order valence-electron chi connectivity index (χ4n) is 2.40. The van der Waals surface area contributed by atoms with Gasteiger partial charge >= 0.3 is 5.69 Å². The van der Waals surface area contributed by atoms with E-state index in [0.717, 1.165) is 4.57 Å². The van der Waals surface area contributed by atoms with E-state index in [2.05, 4.69) is 10.1 Å². The fourth-order valence-corrected chi connectivity index (χ4v) is 2.40. The van der Waals surface area contributed by atoms with Gasteiger partial charge in [0.05, 0.1) is 12.9 Å². The van der Waals surface area contributed by atoms with Gasteiger partial charge in [0.2, 0.25) is 5.91 Å². The first-order valence-electron chi connectivity index (χ1n) is 6.73. The molecule has 3 aromatic heterocycles. The Morgan fingerprint density at radius 2 is 2.13 bits per heavy atom. The number of aryl methyl sites for hydroxylation is 2. The standard InChI is InChI=1S/C13H14N6O4/c1-7-3-8(16-23-7)4-19-12(21)10-11(17(2)13(19)22)15-6-18(10)5-9(14)20/h3,6H,4-5H2,1-2H3,(H2,14,20). The molecule has 3 rings (SSSR count). The zero-order valence-electron chi connectivity index (χ0n) is 12.5. The Kier molecular flexibility index (Phi) is 3.36. The van der Waals surface area contributed by atoms with Gasteiger partial charge in [-0.2, -0.15) is 0 Å². The molecule has 0 spiro atoms. The van der Waals surface area contributed by atoms with Crippen LogP contribution in [0.15, 0.2) is 26.5 Å². The van der Waals surface area contributed by atoms with Crippen LogP contribution in [0.25, 0.3) is 11.2 Å². The van der Waals surface area contributed by atoms with Crippen molar-refractivity contribution in [2.24, 2.45) is 12.8 Å². The Bertz CT molecular complexity index is 1020. The van der Waals surface area contributed by atoms with Crippen molar-refractivity contribution in [3.63, 3.8) is 0 Å². The molecule has 0 aliphatic heterocycles.